The predicted molar refractivity (Wildman–Crippen MR) is 90.6 cm³/mol. The fourth-order valence-electron chi connectivity index (χ4n) is 1.86. The normalized spacial score (nSPS) is 10.4. The lowest BCUT2D eigenvalue weighted by Gasteiger charge is -2.09. The minimum Gasteiger partial charge on any atom is -0.496 e. The zero-order chi connectivity index (χ0) is 14.7. The van der Waals surface area contributed by atoms with Gasteiger partial charge in [0.05, 0.1) is 7.11 Å². The maximum Gasteiger partial charge on any atom is 0.168 e. The van der Waals surface area contributed by atoms with Gasteiger partial charge in [0.15, 0.2) is 5.78 Å². The summed E-state index contributed by atoms with van der Waals surface area (Å²) in [5.41, 5.74) is 1.51. The number of hydrogen-bond donors (Lipinski definition) is 0. The SMILES string of the molecule is COc1ccc(Br)cc1CC(=O)c1cc(Br)ccc1Br. The van der Waals surface area contributed by atoms with E-state index in [0.717, 1.165) is 19.0 Å². The highest BCUT2D eigenvalue weighted by Crippen LogP contribution is 2.27. The van der Waals surface area contributed by atoms with Crippen molar-refractivity contribution in [3.63, 3.8) is 0 Å². The van der Waals surface area contributed by atoms with Crippen molar-refractivity contribution >= 4 is 53.6 Å². The standard InChI is InChI=1S/C15H11Br3O2/c1-20-15-5-3-10(16)6-9(15)7-14(19)12-8-11(17)2-4-13(12)18/h2-6,8H,7H2,1H3. The zero-order valence-electron chi connectivity index (χ0n) is 10.6. The van der Waals surface area contributed by atoms with Crippen LogP contribution in [0, 0.1) is 0 Å². The number of hydrogen-bond acceptors (Lipinski definition) is 2. The van der Waals surface area contributed by atoms with Crippen LogP contribution in [0.25, 0.3) is 0 Å². The van der Waals surface area contributed by atoms with Gasteiger partial charge in [0.1, 0.15) is 5.75 Å². The molecule has 0 spiro atoms. The van der Waals surface area contributed by atoms with Crippen molar-refractivity contribution in [2.24, 2.45) is 0 Å². The molecule has 0 saturated carbocycles. The third-order valence-electron chi connectivity index (χ3n) is 2.82. The summed E-state index contributed by atoms with van der Waals surface area (Å²) in [6.45, 7) is 0. The van der Waals surface area contributed by atoms with Crippen LogP contribution < -0.4 is 4.74 Å². The molecule has 0 fully saturated rings. The Labute approximate surface area is 142 Å². The van der Waals surface area contributed by atoms with E-state index in [0.29, 0.717) is 11.3 Å². The number of halogens is 3. The molecular weight excluding hydrogens is 452 g/mol. The van der Waals surface area contributed by atoms with Crippen LogP contribution in [0.4, 0.5) is 0 Å². The van der Waals surface area contributed by atoms with Crippen molar-refractivity contribution < 1.29 is 9.53 Å². The summed E-state index contributed by atoms with van der Waals surface area (Å²) in [5, 5.41) is 0. The number of carbonyl (C=O) groups excluding carboxylic acids is 1. The first-order valence-corrected chi connectivity index (χ1v) is 8.20. The quantitative estimate of drug-likeness (QED) is 0.568. The molecule has 5 heteroatoms. The molecule has 0 saturated heterocycles. The second-order valence-electron chi connectivity index (χ2n) is 4.18. The predicted octanol–water partition coefficient (Wildman–Crippen LogP) is 5.41. The number of benzene rings is 2. The van der Waals surface area contributed by atoms with Gasteiger partial charge in [-0.3, -0.25) is 4.79 Å². The van der Waals surface area contributed by atoms with Crippen molar-refractivity contribution in [3.05, 3.63) is 60.9 Å². The molecule has 0 heterocycles. The van der Waals surface area contributed by atoms with Crippen molar-refractivity contribution in [2.45, 2.75) is 6.42 Å². The minimum absolute atomic E-state index is 0.0366. The highest BCUT2D eigenvalue weighted by molar-refractivity contribution is 9.11. The first kappa shape index (κ1) is 15.7. The molecule has 2 aromatic rings. The Kier molecular flexibility index (Phi) is 5.41. The molecule has 20 heavy (non-hydrogen) atoms. The van der Waals surface area contributed by atoms with E-state index in [1.807, 2.05) is 36.4 Å². The highest BCUT2D eigenvalue weighted by atomic mass is 79.9. The van der Waals surface area contributed by atoms with E-state index in [9.17, 15) is 4.79 Å². The Morgan fingerprint density at radius 1 is 1.05 bits per heavy atom. The van der Waals surface area contributed by atoms with Gasteiger partial charge in [-0.05, 0) is 36.4 Å². The van der Waals surface area contributed by atoms with Gasteiger partial charge in [-0.15, -0.1) is 0 Å². The molecule has 0 radical (unpaired) electrons. The van der Waals surface area contributed by atoms with Crippen molar-refractivity contribution in [2.75, 3.05) is 7.11 Å². The summed E-state index contributed by atoms with van der Waals surface area (Å²) < 4.78 is 7.89. The second-order valence-corrected chi connectivity index (χ2v) is 6.87. The molecule has 0 aromatic heterocycles. The number of methoxy groups -OCH3 is 1. The molecule has 0 atom stereocenters. The third-order valence-corrected chi connectivity index (χ3v) is 4.50. The van der Waals surface area contributed by atoms with Crippen molar-refractivity contribution in [1.82, 2.24) is 0 Å². The van der Waals surface area contributed by atoms with Gasteiger partial charge in [-0.25, -0.2) is 0 Å². The zero-order valence-corrected chi connectivity index (χ0v) is 15.4. The summed E-state index contributed by atoms with van der Waals surface area (Å²) in [4.78, 5) is 12.4. The lowest BCUT2D eigenvalue weighted by atomic mass is 10.0. The number of carbonyl (C=O) groups is 1. The molecule has 0 aliphatic heterocycles. The van der Waals surface area contributed by atoms with Crippen molar-refractivity contribution in [3.8, 4) is 5.75 Å². The van der Waals surface area contributed by atoms with Crippen LogP contribution in [0.2, 0.25) is 0 Å². The van der Waals surface area contributed by atoms with Crippen molar-refractivity contribution in [1.29, 1.82) is 0 Å². The Morgan fingerprint density at radius 3 is 2.40 bits per heavy atom. The average molecular weight is 463 g/mol. The van der Waals surface area contributed by atoms with Gasteiger partial charge < -0.3 is 4.74 Å². The molecule has 0 unspecified atom stereocenters. The van der Waals surface area contributed by atoms with E-state index in [4.69, 9.17) is 4.74 Å². The largest absolute Gasteiger partial charge is 0.496 e. The summed E-state index contributed by atoms with van der Waals surface area (Å²) in [6, 6.07) is 11.2. The van der Waals surface area contributed by atoms with Crippen LogP contribution in [0.1, 0.15) is 15.9 Å². The summed E-state index contributed by atoms with van der Waals surface area (Å²) >= 11 is 10.2. The number of Topliss-reactive ketones (excluding diaryl/α,β-unsaturated/α-hetero) is 1. The molecule has 104 valence electrons. The van der Waals surface area contributed by atoms with Gasteiger partial charge >= 0.3 is 0 Å². The highest BCUT2D eigenvalue weighted by Gasteiger charge is 2.14. The fourth-order valence-corrected chi connectivity index (χ4v) is 3.10. The van der Waals surface area contributed by atoms with Gasteiger partial charge in [0.2, 0.25) is 0 Å². The van der Waals surface area contributed by atoms with Crippen LogP contribution in [0.3, 0.4) is 0 Å². The number of ketones is 1. The fraction of sp³-hybridized carbons (Fsp3) is 0.133. The summed E-state index contributed by atoms with van der Waals surface area (Å²) in [6.07, 6.45) is 0.289. The summed E-state index contributed by atoms with van der Waals surface area (Å²) in [5.74, 6) is 0.752. The van der Waals surface area contributed by atoms with E-state index in [2.05, 4.69) is 47.8 Å². The van der Waals surface area contributed by atoms with Gasteiger partial charge in [0.25, 0.3) is 0 Å². The average Bonchev–Trinajstić information content (AvgIpc) is 2.41. The van der Waals surface area contributed by atoms with Gasteiger partial charge in [-0.1, -0.05) is 47.8 Å². The summed E-state index contributed by atoms with van der Waals surface area (Å²) in [7, 11) is 1.60. The molecule has 0 N–H and O–H groups in total. The first-order chi connectivity index (χ1) is 9.51. The minimum atomic E-state index is 0.0366. The maximum atomic E-state index is 12.4. The van der Waals surface area contributed by atoms with Crippen LogP contribution in [-0.4, -0.2) is 12.9 Å². The maximum absolute atomic E-state index is 12.4. The monoisotopic (exact) mass is 460 g/mol. The molecule has 0 aliphatic rings. The third kappa shape index (κ3) is 3.71. The van der Waals surface area contributed by atoms with Crippen LogP contribution in [-0.2, 0) is 6.42 Å². The van der Waals surface area contributed by atoms with Crippen LogP contribution in [0.15, 0.2) is 49.8 Å². The van der Waals surface area contributed by atoms with Gasteiger partial charge in [0, 0.05) is 31.0 Å². The number of rotatable bonds is 4. The topological polar surface area (TPSA) is 26.3 Å². The molecule has 0 amide bonds. The van der Waals surface area contributed by atoms with Crippen LogP contribution >= 0.6 is 47.8 Å². The van der Waals surface area contributed by atoms with E-state index < -0.39 is 0 Å². The number of ether oxygens (including phenoxy) is 1. The molecular formula is C15H11Br3O2. The Balaban J connectivity index is 2.32. The van der Waals surface area contributed by atoms with E-state index in [1.54, 1.807) is 7.11 Å². The van der Waals surface area contributed by atoms with E-state index in [-0.39, 0.29) is 12.2 Å². The lowest BCUT2D eigenvalue weighted by Crippen LogP contribution is -2.06. The molecule has 0 bridgehead atoms. The molecule has 2 aromatic carbocycles. The van der Waals surface area contributed by atoms with E-state index >= 15 is 0 Å². The molecule has 0 aliphatic carbocycles. The Bertz CT molecular complexity index is 654. The second kappa shape index (κ2) is 6.87. The van der Waals surface area contributed by atoms with Gasteiger partial charge in [-0.2, -0.15) is 0 Å². The van der Waals surface area contributed by atoms with E-state index in [1.165, 1.54) is 0 Å². The smallest absolute Gasteiger partial charge is 0.168 e. The lowest BCUT2D eigenvalue weighted by molar-refractivity contribution is 0.0991. The van der Waals surface area contributed by atoms with Crippen LogP contribution in [0.5, 0.6) is 5.75 Å². The molecule has 2 rings (SSSR count). The Morgan fingerprint density at radius 2 is 1.70 bits per heavy atom. The molecule has 2 nitrogen and oxygen atoms in total. The Hall–Kier alpha value is -0.650. The first-order valence-electron chi connectivity index (χ1n) is 5.82.